The second kappa shape index (κ2) is 9.16. The van der Waals surface area contributed by atoms with Crippen LogP contribution < -0.4 is 10.6 Å². The highest BCUT2D eigenvalue weighted by Crippen LogP contribution is 2.31. The van der Waals surface area contributed by atoms with Gasteiger partial charge in [0.05, 0.1) is 5.25 Å². The molecule has 2 N–H and O–H groups in total. The Hall–Kier alpha value is -2.45. The van der Waals surface area contributed by atoms with E-state index in [4.69, 9.17) is 0 Å². The zero-order valence-corrected chi connectivity index (χ0v) is 17.4. The lowest BCUT2D eigenvalue weighted by molar-refractivity contribution is -0.115. The maximum Gasteiger partial charge on any atom is 0.237 e. The zero-order valence-electron chi connectivity index (χ0n) is 15.8. The van der Waals surface area contributed by atoms with Crippen LogP contribution in [0.4, 0.5) is 20.9 Å². The molecule has 3 rings (SSSR count). The molecule has 28 heavy (non-hydrogen) atoms. The molecular weight excluding hydrogens is 395 g/mol. The fourth-order valence-electron chi connectivity index (χ4n) is 2.52. The molecule has 1 atom stereocenters. The quantitative estimate of drug-likeness (QED) is 0.486. The third kappa shape index (κ3) is 5.30. The van der Waals surface area contributed by atoms with Gasteiger partial charge in [-0.15, -0.1) is 10.2 Å². The molecule has 0 aliphatic carbocycles. The van der Waals surface area contributed by atoms with E-state index in [-0.39, 0.29) is 17.0 Å². The molecule has 1 aromatic heterocycles. The molecule has 8 heteroatoms. The molecule has 2 aromatic carbocycles. The monoisotopic (exact) mass is 416 g/mol. The van der Waals surface area contributed by atoms with Gasteiger partial charge < -0.3 is 10.6 Å². The standard InChI is InChI=1S/C20H21FN4OS2/c1-12(2)16-6-4-5-7-17(16)23-18(26)13(3)27-20-25-24-19(28-20)22-15-10-8-14(21)9-11-15/h4-13H,1-3H3,(H,22,24)(H,23,26). The highest BCUT2D eigenvalue weighted by molar-refractivity contribution is 8.02. The van der Waals surface area contributed by atoms with Gasteiger partial charge >= 0.3 is 0 Å². The number of halogens is 1. The van der Waals surface area contributed by atoms with Crippen LogP contribution in [-0.2, 0) is 4.79 Å². The number of rotatable bonds is 7. The number of nitrogens with zero attached hydrogens (tertiary/aromatic N) is 2. The van der Waals surface area contributed by atoms with Gasteiger partial charge in [-0.05, 0) is 48.7 Å². The SMILES string of the molecule is CC(Sc1nnc(Nc2ccc(F)cc2)s1)C(=O)Nc1ccccc1C(C)C. The minimum absolute atomic E-state index is 0.0821. The fourth-order valence-corrected chi connectivity index (χ4v) is 4.43. The van der Waals surface area contributed by atoms with E-state index in [0.29, 0.717) is 15.4 Å². The van der Waals surface area contributed by atoms with Crippen molar-refractivity contribution in [2.75, 3.05) is 10.6 Å². The molecule has 1 heterocycles. The van der Waals surface area contributed by atoms with Crippen molar-refractivity contribution in [2.24, 2.45) is 0 Å². The van der Waals surface area contributed by atoms with Gasteiger partial charge in [0, 0.05) is 11.4 Å². The number of anilines is 3. The second-order valence-corrected chi connectivity index (χ2v) is 9.06. The van der Waals surface area contributed by atoms with E-state index in [9.17, 15) is 9.18 Å². The first-order valence-corrected chi connectivity index (χ1v) is 10.5. The van der Waals surface area contributed by atoms with E-state index < -0.39 is 0 Å². The van der Waals surface area contributed by atoms with Gasteiger partial charge in [0.15, 0.2) is 4.34 Å². The van der Waals surface area contributed by atoms with Gasteiger partial charge in [0.25, 0.3) is 0 Å². The van der Waals surface area contributed by atoms with Gasteiger partial charge in [-0.3, -0.25) is 4.79 Å². The Balaban J connectivity index is 1.60. The van der Waals surface area contributed by atoms with Crippen molar-refractivity contribution in [3.63, 3.8) is 0 Å². The Labute approximate surface area is 171 Å². The van der Waals surface area contributed by atoms with E-state index in [1.54, 1.807) is 12.1 Å². The number of thioether (sulfide) groups is 1. The van der Waals surface area contributed by atoms with Crippen LogP contribution in [0.25, 0.3) is 0 Å². The fraction of sp³-hybridized carbons (Fsp3) is 0.250. The summed E-state index contributed by atoms with van der Waals surface area (Å²) in [5.41, 5.74) is 2.67. The lowest BCUT2D eigenvalue weighted by atomic mass is 10.0. The van der Waals surface area contributed by atoms with Crippen molar-refractivity contribution in [3.05, 3.63) is 59.9 Å². The summed E-state index contributed by atoms with van der Waals surface area (Å²) in [6.45, 7) is 6.03. The molecule has 0 bridgehead atoms. The Kier molecular flexibility index (Phi) is 6.64. The van der Waals surface area contributed by atoms with Crippen LogP contribution in [0.1, 0.15) is 32.3 Å². The maximum atomic E-state index is 13.0. The second-order valence-electron chi connectivity index (χ2n) is 6.50. The van der Waals surface area contributed by atoms with Crippen LogP contribution in [0.3, 0.4) is 0 Å². The normalized spacial score (nSPS) is 12.0. The maximum absolute atomic E-state index is 13.0. The molecule has 3 aromatic rings. The predicted octanol–water partition coefficient (Wildman–Crippen LogP) is 5.66. The first-order valence-electron chi connectivity index (χ1n) is 8.85. The van der Waals surface area contributed by atoms with Crippen LogP contribution in [0, 0.1) is 5.82 Å². The number of amides is 1. The number of para-hydroxylation sites is 1. The molecule has 0 saturated carbocycles. The summed E-state index contributed by atoms with van der Waals surface area (Å²) in [6, 6.07) is 13.8. The van der Waals surface area contributed by atoms with E-state index >= 15 is 0 Å². The number of hydrogen-bond donors (Lipinski definition) is 2. The molecule has 0 spiro atoms. The number of aromatic nitrogens is 2. The van der Waals surface area contributed by atoms with Gasteiger partial charge in [-0.25, -0.2) is 4.39 Å². The minimum atomic E-state index is -0.327. The topological polar surface area (TPSA) is 66.9 Å². The molecule has 1 amide bonds. The van der Waals surface area contributed by atoms with Crippen LogP contribution in [0.2, 0.25) is 0 Å². The van der Waals surface area contributed by atoms with Gasteiger partial charge in [-0.1, -0.05) is 55.1 Å². The smallest absolute Gasteiger partial charge is 0.237 e. The van der Waals surface area contributed by atoms with Gasteiger partial charge in [-0.2, -0.15) is 0 Å². The number of carbonyl (C=O) groups is 1. The van der Waals surface area contributed by atoms with Crippen molar-refractivity contribution in [1.82, 2.24) is 10.2 Å². The van der Waals surface area contributed by atoms with Gasteiger partial charge in [0.2, 0.25) is 11.0 Å². The van der Waals surface area contributed by atoms with Crippen LogP contribution in [0.5, 0.6) is 0 Å². The van der Waals surface area contributed by atoms with Crippen LogP contribution in [-0.4, -0.2) is 21.4 Å². The average Bonchev–Trinajstić information content (AvgIpc) is 3.10. The molecule has 0 radical (unpaired) electrons. The lowest BCUT2D eigenvalue weighted by Gasteiger charge is -2.15. The van der Waals surface area contributed by atoms with Crippen LogP contribution >= 0.6 is 23.1 Å². The Morgan fingerprint density at radius 2 is 1.79 bits per heavy atom. The first-order chi connectivity index (χ1) is 13.4. The summed E-state index contributed by atoms with van der Waals surface area (Å²) < 4.78 is 13.7. The predicted molar refractivity (Wildman–Crippen MR) is 114 cm³/mol. The third-order valence-electron chi connectivity index (χ3n) is 3.99. The third-order valence-corrected chi connectivity index (χ3v) is 6.01. The molecule has 0 aliphatic heterocycles. The molecule has 0 aliphatic rings. The Bertz CT molecular complexity index is 943. The summed E-state index contributed by atoms with van der Waals surface area (Å²) in [4.78, 5) is 12.6. The summed E-state index contributed by atoms with van der Waals surface area (Å²) in [5.74, 6) is -0.0537. The van der Waals surface area contributed by atoms with Crippen molar-refractivity contribution in [3.8, 4) is 0 Å². The number of hydrogen-bond acceptors (Lipinski definition) is 6. The molecule has 1 unspecified atom stereocenters. The van der Waals surface area contributed by atoms with Crippen molar-refractivity contribution in [1.29, 1.82) is 0 Å². The number of benzene rings is 2. The minimum Gasteiger partial charge on any atom is -0.330 e. The zero-order chi connectivity index (χ0) is 20.1. The van der Waals surface area contributed by atoms with E-state index in [1.807, 2.05) is 31.2 Å². The Morgan fingerprint density at radius 1 is 1.07 bits per heavy atom. The van der Waals surface area contributed by atoms with E-state index in [1.165, 1.54) is 35.2 Å². The largest absolute Gasteiger partial charge is 0.330 e. The average molecular weight is 417 g/mol. The summed E-state index contributed by atoms with van der Waals surface area (Å²) >= 11 is 2.70. The number of carbonyl (C=O) groups excluding carboxylic acids is 1. The highest BCUT2D eigenvalue weighted by Gasteiger charge is 2.19. The summed E-state index contributed by atoms with van der Waals surface area (Å²) in [6.07, 6.45) is 0. The first kappa shape index (κ1) is 20.3. The van der Waals surface area contributed by atoms with Crippen molar-refractivity contribution in [2.45, 2.75) is 36.3 Å². The van der Waals surface area contributed by atoms with Crippen molar-refractivity contribution >= 4 is 45.5 Å². The molecule has 0 fully saturated rings. The number of nitrogens with one attached hydrogen (secondary N) is 2. The van der Waals surface area contributed by atoms with E-state index in [2.05, 4.69) is 34.7 Å². The molecular formula is C20H21FN4OS2. The molecule has 0 saturated heterocycles. The highest BCUT2D eigenvalue weighted by atomic mass is 32.2. The van der Waals surface area contributed by atoms with Gasteiger partial charge in [0.1, 0.15) is 5.82 Å². The molecule has 146 valence electrons. The lowest BCUT2D eigenvalue weighted by Crippen LogP contribution is -2.23. The molecule has 5 nitrogen and oxygen atoms in total. The summed E-state index contributed by atoms with van der Waals surface area (Å²) in [7, 11) is 0. The van der Waals surface area contributed by atoms with E-state index in [0.717, 1.165) is 16.9 Å². The van der Waals surface area contributed by atoms with Crippen molar-refractivity contribution < 1.29 is 9.18 Å². The van der Waals surface area contributed by atoms with Crippen LogP contribution in [0.15, 0.2) is 52.9 Å². The summed E-state index contributed by atoms with van der Waals surface area (Å²) in [5, 5.41) is 14.5. The Morgan fingerprint density at radius 3 is 2.50 bits per heavy atom.